The first-order chi connectivity index (χ1) is 22.6. The number of rotatable bonds is 34. The second-order valence-electron chi connectivity index (χ2n) is 14.2. The van der Waals surface area contributed by atoms with Gasteiger partial charge in [-0.2, -0.15) is 0 Å². The predicted octanol–water partition coefficient (Wildman–Crippen LogP) is 8.24. The first kappa shape index (κ1) is 45.1. The van der Waals surface area contributed by atoms with Gasteiger partial charge in [0.1, 0.15) is 12.6 Å². The SMILES string of the molecule is CCCCCC/C=C\CCCCCCCC(=O)OC(COCCC(C(=O)[O-])[N+](C)(C)C)COC(=O)CCCCCCCCCCCC. The van der Waals surface area contributed by atoms with E-state index in [1.807, 2.05) is 0 Å². The van der Waals surface area contributed by atoms with E-state index >= 15 is 0 Å². The number of nitrogens with zero attached hydrogens (tertiary/aromatic N) is 1. The first-order valence-electron chi connectivity index (χ1n) is 19.2. The first-order valence-corrected chi connectivity index (χ1v) is 19.2. The molecule has 0 radical (unpaired) electrons. The summed E-state index contributed by atoms with van der Waals surface area (Å²) in [5, 5.41) is 11.6. The summed E-state index contributed by atoms with van der Waals surface area (Å²) in [4.78, 5) is 36.6. The molecule has 0 spiro atoms. The van der Waals surface area contributed by atoms with Crippen LogP contribution in [0.25, 0.3) is 0 Å². The van der Waals surface area contributed by atoms with Gasteiger partial charge in [-0.05, 0) is 38.5 Å². The van der Waals surface area contributed by atoms with Gasteiger partial charge in [-0.15, -0.1) is 0 Å². The van der Waals surface area contributed by atoms with E-state index < -0.39 is 18.1 Å². The molecule has 0 aromatic carbocycles. The zero-order valence-electron chi connectivity index (χ0n) is 31.2. The molecule has 0 N–H and O–H groups in total. The highest BCUT2D eigenvalue weighted by Crippen LogP contribution is 2.13. The Kier molecular flexibility index (Phi) is 30.1. The van der Waals surface area contributed by atoms with E-state index in [0.717, 1.165) is 51.4 Å². The normalized spacial score (nSPS) is 13.1. The Morgan fingerprint density at radius 1 is 0.617 bits per heavy atom. The topological polar surface area (TPSA) is 102 Å². The van der Waals surface area contributed by atoms with Gasteiger partial charge in [-0.1, -0.05) is 122 Å². The molecule has 0 saturated carbocycles. The van der Waals surface area contributed by atoms with Crippen molar-refractivity contribution in [2.75, 3.05) is 41.0 Å². The van der Waals surface area contributed by atoms with E-state index in [0.29, 0.717) is 12.8 Å². The molecule has 0 amide bonds. The van der Waals surface area contributed by atoms with Crippen LogP contribution in [0.2, 0.25) is 0 Å². The van der Waals surface area contributed by atoms with Gasteiger partial charge in [0, 0.05) is 19.3 Å². The van der Waals surface area contributed by atoms with Gasteiger partial charge in [0.05, 0.1) is 40.3 Å². The standard InChI is InChI=1S/C39H73NO7/c1-6-8-10-12-14-16-18-19-20-22-24-26-28-30-38(42)47-35(33-45-32-31-36(39(43)44)40(3,4)5)34-46-37(41)29-27-25-23-21-17-15-13-11-9-7-2/h16,18,35-36H,6-15,17,19-34H2,1-5H3/b18-16-. The van der Waals surface area contributed by atoms with Gasteiger partial charge in [0.15, 0.2) is 6.10 Å². The Labute approximate surface area is 289 Å². The number of quaternary nitrogens is 1. The highest BCUT2D eigenvalue weighted by Gasteiger charge is 2.25. The smallest absolute Gasteiger partial charge is 0.306 e. The molecule has 0 aliphatic heterocycles. The average Bonchev–Trinajstić information content (AvgIpc) is 3.01. The van der Waals surface area contributed by atoms with Gasteiger partial charge >= 0.3 is 11.9 Å². The molecule has 276 valence electrons. The number of carboxylic acid groups (broad SMARTS) is 1. The van der Waals surface area contributed by atoms with Gasteiger partial charge < -0.3 is 28.6 Å². The largest absolute Gasteiger partial charge is 0.544 e. The molecule has 0 saturated heterocycles. The number of carbonyl (C=O) groups is 3. The fraction of sp³-hybridized carbons (Fsp3) is 0.872. The van der Waals surface area contributed by atoms with E-state index in [1.165, 1.54) is 83.5 Å². The van der Waals surface area contributed by atoms with E-state index in [9.17, 15) is 19.5 Å². The number of unbranched alkanes of at least 4 members (excludes halogenated alkanes) is 18. The molecular formula is C39H73NO7. The molecule has 2 unspecified atom stereocenters. The maximum Gasteiger partial charge on any atom is 0.306 e. The molecule has 8 heteroatoms. The molecule has 0 aliphatic rings. The molecule has 2 atom stereocenters. The minimum atomic E-state index is -1.13. The van der Waals surface area contributed by atoms with Crippen LogP contribution in [0.4, 0.5) is 0 Å². The van der Waals surface area contributed by atoms with Gasteiger partial charge in [-0.25, -0.2) is 0 Å². The zero-order valence-corrected chi connectivity index (χ0v) is 31.2. The van der Waals surface area contributed by atoms with E-state index in [1.54, 1.807) is 21.1 Å². The van der Waals surface area contributed by atoms with Crippen molar-refractivity contribution in [3.05, 3.63) is 12.2 Å². The fourth-order valence-electron chi connectivity index (χ4n) is 5.59. The number of ether oxygens (including phenoxy) is 3. The molecular weight excluding hydrogens is 594 g/mol. The second kappa shape index (κ2) is 31.3. The molecule has 0 bridgehead atoms. The van der Waals surface area contributed by atoms with Crippen molar-refractivity contribution in [3.63, 3.8) is 0 Å². The summed E-state index contributed by atoms with van der Waals surface area (Å²) in [6, 6.07) is -0.721. The Morgan fingerprint density at radius 3 is 1.55 bits per heavy atom. The van der Waals surface area contributed by atoms with Crippen LogP contribution in [0.1, 0.15) is 168 Å². The predicted molar refractivity (Wildman–Crippen MR) is 190 cm³/mol. The lowest BCUT2D eigenvalue weighted by Gasteiger charge is -2.34. The lowest BCUT2D eigenvalue weighted by atomic mass is 10.1. The molecule has 0 aromatic heterocycles. The van der Waals surface area contributed by atoms with Gasteiger partial charge in [-0.3, -0.25) is 9.59 Å². The third-order valence-electron chi connectivity index (χ3n) is 8.65. The molecule has 0 heterocycles. The Bertz CT molecular complexity index is 793. The minimum absolute atomic E-state index is 0.0420. The van der Waals surface area contributed by atoms with Crippen molar-refractivity contribution < 1.29 is 38.2 Å². The average molecular weight is 668 g/mol. The molecule has 0 aliphatic carbocycles. The molecule has 0 rings (SSSR count). The van der Waals surface area contributed by atoms with E-state index in [-0.39, 0.29) is 42.7 Å². The fourth-order valence-corrected chi connectivity index (χ4v) is 5.59. The van der Waals surface area contributed by atoms with Crippen LogP contribution in [0.15, 0.2) is 12.2 Å². The molecule has 0 fully saturated rings. The third-order valence-corrected chi connectivity index (χ3v) is 8.65. The van der Waals surface area contributed by atoms with Crippen molar-refractivity contribution in [2.45, 2.75) is 180 Å². The number of esters is 2. The van der Waals surface area contributed by atoms with Crippen LogP contribution < -0.4 is 5.11 Å². The maximum atomic E-state index is 12.6. The highest BCUT2D eigenvalue weighted by molar-refractivity contribution is 5.70. The summed E-state index contributed by atoms with van der Waals surface area (Å²) >= 11 is 0. The number of carboxylic acids is 1. The van der Waals surface area contributed by atoms with Gasteiger partial charge in [0.2, 0.25) is 0 Å². The second-order valence-corrected chi connectivity index (χ2v) is 14.2. The van der Waals surface area contributed by atoms with Crippen LogP contribution in [0, 0.1) is 0 Å². The van der Waals surface area contributed by atoms with Crippen LogP contribution in [0.3, 0.4) is 0 Å². The summed E-state index contributed by atoms with van der Waals surface area (Å²) in [5.74, 6) is -1.74. The van der Waals surface area contributed by atoms with Crippen LogP contribution in [0.5, 0.6) is 0 Å². The summed E-state index contributed by atoms with van der Waals surface area (Å²) in [7, 11) is 5.39. The summed E-state index contributed by atoms with van der Waals surface area (Å²) in [6.45, 7) is 4.62. The number of hydrogen-bond acceptors (Lipinski definition) is 7. The quantitative estimate of drug-likeness (QED) is 0.0295. The summed E-state index contributed by atoms with van der Waals surface area (Å²) < 4.78 is 17.1. The zero-order chi connectivity index (χ0) is 35.0. The molecule has 8 nitrogen and oxygen atoms in total. The van der Waals surface area contributed by atoms with Crippen molar-refractivity contribution in [1.82, 2.24) is 0 Å². The molecule has 47 heavy (non-hydrogen) atoms. The van der Waals surface area contributed by atoms with Crippen LogP contribution in [-0.4, -0.2) is 75.5 Å². The number of carbonyl (C=O) groups excluding carboxylic acids is 3. The monoisotopic (exact) mass is 668 g/mol. The highest BCUT2D eigenvalue weighted by atomic mass is 16.6. The van der Waals surface area contributed by atoms with Gasteiger partial charge in [0.25, 0.3) is 0 Å². The number of hydrogen-bond donors (Lipinski definition) is 0. The summed E-state index contributed by atoms with van der Waals surface area (Å²) in [5.41, 5.74) is 0. The minimum Gasteiger partial charge on any atom is -0.544 e. The van der Waals surface area contributed by atoms with Crippen LogP contribution >= 0.6 is 0 Å². The summed E-state index contributed by atoms with van der Waals surface area (Å²) in [6.07, 6.45) is 29.4. The Hall–Kier alpha value is -1.93. The lowest BCUT2D eigenvalue weighted by molar-refractivity contribution is -0.889. The Morgan fingerprint density at radius 2 is 1.06 bits per heavy atom. The van der Waals surface area contributed by atoms with Crippen molar-refractivity contribution in [3.8, 4) is 0 Å². The molecule has 0 aromatic rings. The number of aliphatic carboxylic acids is 1. The Balaban J connectivity index is 4.43. The third kappa shape index (κ3) is 29.9. The van der Waals surface area contributed by atoms with Crippen molar-refractivity contribution >= 4 is 17.9 Å². The van der Waals surface area contributed by atoms with Crippen LogP contribution in [-0.2, 0) is 28.6 Å². The van der Waals surface area contributed by atoms with E-state index in [4.69, 9.17) is 14.2 Å². The lowest BCUT2D eigenvalue weighted by Crippen LogP contribution is -2.55. The number of allylic oxidation sites excluding steroid dienone is 2. The van der Waals surface area contributed by atoms with E-state index in [2.05, 4.69) is 26.0 Å². The van der Waals surface area contributed by atoms with Crippen molar-refractivity contribution in [2.24, 2.45) is 0 Å². The van der Waals surface area contributed by atoms with Crippen molar-refractivity contribution in [1.29, 1.82) is 0 Å². The number of likely N-dealkylation sites (N-methyl/N-ethyl adjacent to an activating group) is 1. The maximum absolute atomic E-state index is 12.6.